The summed E-state index contributed by atoms with van der Waals surface area (Å²) in [5, 5.41) is 11.3. The van der Waals surface area contributed by atoms with Crippen molar-refractivity contribution in [2.24, 2.45) is 4.99 Å². The van der Waals surface area contributed by atoms with Crippen LogP contribution in [0.4, 0.5) is 5.69 Å². The lowest BCUT2D eigenvalue weighted by Crippen LogP contribution is -2.40. The number of para-hydroxylation sites is 1. The van der Waals surface area contributed by atoms with Gasteiger partial charge in [-0.1, -0.05) is 29.5 Å². The molecule has 45 heavy (non-hydrogen) atoms. The van der Waals surface area contributed by atoms with Gasteiger partial charge in [-0.2, -0.15) is 0 Å². The molecule has 0 radical (unpaired) electrons. The predicted molar refractivity (Wildman–Crippen MR) is 166 cm³/mol. The van der Waals surface area contributed by atoms with E-state index in [1.165, 1.54) is 30.9 Å². The van der Waals surface area contributed by atoms with E-state index in [-0.39, 0.29) is 24.5 Å². The second-order valence-electron chi connectivity index (χ2n) is 9.98. The van der Waals surface area contributed by atoms with Crippen LogP contribution in [-0.2, 0) is 14.3 Å². The van der Waals surface area contributed by atoms with E-state index in [1.807, 2.05) is 13.8 Å². The molecule has 234 valence electrons. The first-order valence-electron chi connectivity index (χ1n) is 14.0. The summed E-state index contributed by atoms with van der Waals surface area (Å²) in [6.45, 7) is 5.88. The fourth-order valence-corrected chi connectivity index (χ4v) is 6.10. The average Bonchev–Trinajstić information content (AvgIpc) is 3.60. The lowest BCUT2D eigenvalue weighted by molar-refractivity contribution is -0.384. The Labute approximate surface area is 261 Å². The molecule has 5 rings (SSSR count). The van der Waals surface area contributed by atoms with Gasteiger partial charge in [-0.3, -0.25) is 19.5 Å². The first-order chi connectivity index (χ1) is 21.7. The van der Waals surface area contributed by atoms with Crippen LogP contribution in [0.5, 0.6) is 11.5 Å². The average molecular weight is 634 g/mol. The summed E-state index contributed by atoms with van der Waals surface area (Å²) in [5.74, 6) is 0.979. The Morgan fingerprint density at radius 2 is 1.96 bits per heavy atom. The largest absolute Gasteiger partial charge is 0.493 e. The number of allylic oxidation sites excluding steroid dienone is 1. The monoisotopic (exact) mass is 633 g/mol. The van der Waals surface area contributed by atoms with E-state index in [0.29, 0.717) is 55.8 Å². The van der Waals surface area contributed by atoms with Crippen molar-refractivity contribution >= 4 is 29.1 Å². The minimum atomic E-state index is -0.935. The van der Waals surface area contributed by atoms with Gasteiger partial charge in [0, 0.05) is 36.4 Å². The first kappa shape index (κ1) is 31.4. The van der Waals surface area contributed by atoms with E-state index in [9.17, 15) is 19.7 Å². The number of nitro groups is 1. The fraction of sp³-hybridized carbons (Fsp3) is 0.281. The van der Waals surface area contributed by atoms with Crippen molar-refractivity contribution < 1.29 is 33.1 Å². The van der Waals surface area contributed by atoms with Crippen molar-refractivity contribution in [3.05, 3.63) is 106 Å². The molecule has 3 heterocycles. The van der Waals surface area contributed by atoms with Crippen LogP contribution in [0.15, 0.2) is 74.0 Å². The molecular weight excluding hydrogens is 602 g/mol. The molecule has 1 aliphatic rings. The number of fused-ring (bicyclic) bond motifs is 1. The highest BCUT2D eigenvalue weighted by Gasteiger charge is 2.36. The number of carbonyl (C=O) groups is 1. The number of carbonyl (C=O) groups excluding carboxylic acids is 1. The summed E-state index contributed by atoms with van der Waals surface area (Å²) in [6.07, 6.45) is 1.59. The highest BCUT2D eigenvalue weighted by molar-refractivity contribution is 7.07. The zero-order valence-corrected chi connectivity index (χ0v) is 26.1. The summed E-state index contributed by atoms with van der Waals surface area (Å²) in [7, 11) is 3.02. The zero-order valence-electron chi connectivity index (χ0n) is 25.3. The number of nitro benzene ring substituents is 1. The van der Waals surface area contributed by atoms with Gasteiger partial charge in [-0.15, -0.1) is 0 Å². The van der Waals surface area contributed by atoms with Crippen molar-refractivity contribution in [2.45, 2.75) is 26.8 Å². The van der Waals surface area contributed by atoms with Gasteiger partial charge >= 0.3 is 5.97 Å². The number of aromatic nitrogens is 1. The Balaban J connectivity index is 1.66. The lowest BCUT2D eigenvalue weighted by atomic mass is 9.94. The van der Waals surface area contributed by atoms with Crippen LogP contribution in [-0.4, -0.2) is 49.5 Å². The summed E-state index contributed by atoms with van der Waals surface area (Å²) < 4.78 is 29.9. The number of esters is 1. The molecular formula is C32H31N3O9S. The molecule has 0 N–H and O–H groups in total. The number of nitrogens with zero attached hydrogens (tertiary/aromatic N) is 3. The summed E-state index contributed by atoms with van der Waals surface area (Å²) in [4.78, 5) is 43.5. The highest BCUT2D eigenvalue weighted by atomic mass is 32.1. The van der Waals surface area contributed by atoms with E-state index in [1.54, 1.807) is 49.4 Å². The summed E-state index contributed by atoms with van der Waals surface area (Å²) in [5.41, 5.74) is 2.00. The maximum Gasteiger partial charge on any atom is 0.338 e. The number of aryl methyl sites for hydroxylation is 1. The van der Waals surface area contributed by atoms with Gasteiger partial charge in [0.05, 0.1) is 41.0 Å². The number of thiazole rings is 1. The molecule has 0 bridgehead atoms. The highest BCUT2D eigenvalue weighted by Crippen LogP contribution is 2.41. The Morgan fingerprint density at radius 3 is 2.67 bits per heavy atom. The van der Waals surface area contributed by atoms with E-state index < -0.39 is 22.5 Å². The van der Waals surface area contributed by atoms with Crippen LogP contribution in [0.3, 0.4) is 0 Å². The van der Waals surface area contributed by atoms with E-state index in [4.69, 9.17) is 23.4 Å². The van der Waals surface area contributed by atoms with Crippen molar-refractivity contribution in [2.75, 3.05) is 34.0 Å². The Kier molecular flexibility index (Phi) is 9.30. The Morgan fingerprint density at radius 1 is 1.16 bits per heavy atom. The molecule has 0 aliphatic carbocycles. The molecule has 0 amide bonds. The van der Waals surface area contributed by atoms with Gasteiger partial charge in [0.2, 0.25) is 0 Å². The number of rotatable bonds is 11. The normalized spacial score (nSPS) is 14.6. The van der Waals surface area contributed by atoms with Gasteiger partial charge in [0.15, 0.2) is 16.3 Å². The third-order valence-electron chi connectivity index (χ3n) is 7.17. The SMILES string of the molecule is CCOc1c(OC)cccc1[C@@H]1C(C(=O)OCCOC)=C(C)N=c2s/c(=C/c3ccc(-c4cc([N+](=O)[O-])ccc4C)o3)c(=O)n21. The van der Waals surface area contributed by atoms with Crippen LogP contribution in [0, 0.1) is 17.0 Å². The number of ether oxygens (including phenoxy) is 4. The number of benzene rings is 2. The zero-order chi connectivity index (χ0) is 32.2. The van der Waals surface area contributed by atoms with E-state index in [0.717, 1.165) is 16.9 Å². The fourth-order valence-electron chi connectivity index (χ4n) is 5.07. The molecule has 1 atom stereocenters. The van der Waals surface area contributed by atoms with Crippen molar-refractivity contribution in [3.8, 4) is 22.8 Å². The summed E-state index contributed by atoms with van der Waals surface area (Å²) >= 11 is 1.14. The number of hydrogen-bond acceptors (Lipinski definition) is 11. The smallest absolute Gasteiger partial charge is 0.338 e. The second kappa shape index (κ2) is 13.3. The second-order valence-corrected chi connectivity index (χ2v) is 11.0. The van der Waals surface area contributed by atoms with Crippen LogP contribution in [0.1, 0.15) is 36.8 Å². The molecule has 0 fully saturated rings. The minimum absolute atomic E-state index is 0.0184. The first-order valence-corrected chi connectivity index (χ1v) is 14.8. The van der Waals surface area contributed by atoms with Gasteiger partial charge in [0.1, 0.15) is 24.2 Å². The standard InChI is InChI=1S/C32H31N3O9S/c1-6-42-29-22(8-7-9-25(29)41-5)28-27(31(37)43-15-14-40-4)19(3)33-32-34(28)30(36)26(45-32)17-21-12-13-24(44-21)23-16-20(35(38)39)11-10-18(23)2/h7-13,16-17,28H,6,14-15H2,1-5H3/b26-17+/t28-/m1/s1. The Bertz CT molecular complexity index is 1990. The maximum absolute atomic E-state index is 14.1. The lowest BCUT2D eigenvalue weighted by Gasteiger charge is -2.27. The molecule has 0 saturated carbocycles. The topological polar surface area (TPSA) is 145 Å². The third kappa shape index (κ3) is 6.17. The van der Waals surface area contributed by atoms with E-state index in [2.05, 4.69) is 4.99 Å². The van der Waals surface area contributed by atoms with Crippen LogP contribution in [0.2, 0.25) is 0 Å². The van der Waals surface area contributed by atoms with E-state index >= 15 is 0 Å². The van der Waals surface area contributed by atoms with Crippen molar-refractivity contribution in [3.63, 3.8) is 0 Å². The number of furan rings is 1. The number of hydrogen-bond donors (Lipinski definition) is 0. The molecule has 1 aliphatic heterocycles. The third-order valence-corrected chi connectivity index (χ3v) is 8.16. The van der Waals surface area contributed by atoms with Crippen LogP contribution >= 0.6 is 11.3 Å². The van der Waals surface area contributed by atoms with Gasteiger partial charge < -0.3 is 23.4 Å². The molecule has 0 saturated heterocycles. The molecule has 0 spiro atoms. The van der Waals surface area contributed by atoms with Crippen LogP contribution in [0.25, 0.3) is 17.4 Å². The molecule has 2 aromatic carbocycles. The molecule has 13 heteroatoms. The minimum Gasteiger partial charge on any atom is -0.493 e. The predicted octanol–water partition coefficient (Wildman–Crippen LogP) is 4.31. The molecule has 0 unspecified atom stereocenters. The van der Waals surface area contributed by atoms with Gasteiger partial charge in [-0.05, 0) is 44.5 Å². The molecule has 2 aromatic heterocycles. The van der Waals surface area contributed by atoms with Crippen molar-refractivity contribution in [1.82, 2.24) is 4.57 Å². The molecule has 4 aromatic rings. The van der Waals surface area contributed by atoms with Crippen molar-refractivity contribution in [1.29, 1.82) is 0 Å². The molecule has 12 nitrogen and oxygen atoms in total. The summed E-state index contributed by atoms with van der Waals surface area (Å²) in [6, 6.07) is 12.3. The maximum atomic E-state index is 14.1. The van der Waals surface area contributed by atoms with Gasteiger partial charge in [0.25, 0.3) is 11.2 Å². The quantitative estimate of drug-likeness (QED) is 0.102. The van der Waals surface area contributed by atoms with Gasteiger partial charge in [-0.25, -0.2) is 9.79 Å². The van der Waals surface area contributed by atoms with Crippen LogP contribution < -0.4 is 24.4 Å². The number of methoxy groups -OCH3 is 2. The number of non-ortho nitro benzene ring substituents is 1. The Hall–Kier alpha value is -5.01.